The van der Waals surface area contributed by atoms with Gasteiger partial charge < -0.3 is 10.1 Å². The second-order valence-electron chi connectivity index (χ2n) is 6.87. The maximum absolute atomic E-state index is 13.2. The van der Waals surface area contributed by atoms with Crippen molar-refractivity contribution >= 4 is 17.2 Å². The summed E-state index contributed by atoms with van der Waals surface area (Å²) in [5.74, 6) is 0.360. The molecule has 3 aromatic carbocycles. The molecule has 1 amide bonds. The van der Waals surface area contributed by atoms with Crippen molar-refractivity contribution in [2.75, 3.05) is 0 Å². The van der Waals surface area contributed by atoms with Crippen LogP contribution in [0.3, 0.4) is 0 Å². The fraction of sp³-hybridized carbons (Fsp3) is 0.120. The lowest BCUT2D eigenvalue weighted by molar-refractivity contribution is 0.0938. The second kappa shape index (κ2) is 9.37. The Morgan fingerprint density at radius 2 is 1.53 bits per heavy atom. The lowest BCUT2D eigenvalue weighted by Gasteiger charge is -2.21. The molecule has 0 radical (unpaired) electrons. The van der Waals surface area contributed by atoms with Gasteiger partial charge in [-0.15, -0.1) is 11.3 Å². The summed E-state index contributed by atoms with van der Waals surface area (Å²) in [7, 11) is 0. The molecule has 30 heavy (non-hydrogen) atoms. The molecule has 1 aromatic heterocycles. The number of carbonyl (C=O) groups is 1. The highest BCUT2D eigenvalue weighted by Gasteiger charge is 2.20. The predicted octanol–water partition coefficient (Wildman–Crippen LogP) is 5.55. The maximum Gasteiger partial charge on any atom is 0.255 e. The van der Waals surface area contributed by atoms with E-state index in [0.717, 1.165) is 21.8 Å². The van der Waals surface area contributed by atoms with Gasteiger partial charge in [-0.2, -0.15) is 0 Å². The Morgan fingerprint density at radius 3 is 2.13 bits per heavy atom. The molecular formula is C25H22N2O2S. The zero-order valence-electron chi connectivity index (χ0n) is 16.6. The zero-order chi connectivity index (χ0) is 20.8. The Bertz CT molecular complexity index is 1070. The molecule has 150 valence electrons. The number of aryl methyl sites for hydroxylation is 1. The number of carbonyl (C=O) groups excluding carboxylic acids is 1. The topological polar surface area (TPSA) is 51.2 Å². The molecule has 0 unspecified atom stereocenters. The van der Waals surface area contributed by atoms with E-state index in [1.54, 1.807) is 17.4 Å². The number of rotatable bonds is 7. The van der Waals surface area contributed by atoms with E-state index in [1.165, 1.54) is 0 Å². The van der Waals surface area contributed by atoms with E-state index in [1.807, 2.05) is 91.2 Å². The van der Waals surface area contributed by atoms with Crippen molar-refractivity contribution in [3.8, 4) is 5.75 Å². The van der Waals surface area contributed by atoms with Crippen LogP contribution in [-0.4, -0.2) is 10.9 Å². The van der Waals surface area contributed by atoms with Crippen LogP contribution in [0.4, 0.5) is 0 Å². The molecule has 0 aliphatic carbocycles. The smallest absolute Gasteiger partial charge is 0.255 e. The van der Waals surface area contributed by atoms with Crippen molar-refractivity contribution in [1.82, 2.24) is 10.3 Å². The summed E-state index contributed by atoms with van der Waals surface area (Å²) in [5, 5.41) is 6.14. The summed E-state index contributed by atoms with van der Waals surface area (Å²) in [5.41, 5.74) is 3.40. The van der Waals surface area contributed by atoms with Gasteiger partial charge in [0.2, 0.25) is 0 Å². The third-order valence-electron chi connectivity index (χ3n) is 4.72. The summed E-state index contributed by atoms with van der Waals surface area (Å²) in [6.07, 6.45) is 0. The number of amides is 1. The lowest BCUT2D eigenvalue weighted by atomic mass is 9.98. The minimum atomic E-state index is -0.255. The van der Waals surface area contributed by atoms with Crippen LogP contribution in [0.25, 0.3) is 0 Å². The van der Waals surface area contributed by atoms with Gasteiger partial charge in [-0.1, -0.05) is 72.8 Å². The van der Waals surface area contributed by atoms with Crippen LogP contribution in [0, 0.1) is 6.92 Å². The monoisotopic (exact) mass is 414 g/mol. The summed E-state index contributed by atoms with van der Waals surface area (Å²) >= 11 is 1.58. The number of para-hydroxylation sites is 1. The highest BCUT2D eigenvalue weighted by atomic mass is 32.1. The Labute approximate surface area is 180 Å². The largest absolute Gasteiger partial charge is 0.486 e. The first-order valence-electron chi connectivity index (χ1n) is 9.74. The van der Waals surface area contributed by atoms with Gasteiger partial charge in [0.15, 0.2) is 0 Å². The van der Waals surface area contributed by atoms with Crippen LogP contribution < -0.4 is 10.1 Å². The number of benzene rings is 3. The van der Waals surface area contributed by atoms with Crippen molar-refractivity contribution < 1.29 is 9.53 Å². The van der Waals surface area contributed by atoms with Gasteiger partial charge in [-0.25, -0.2) is 4.98 Å². The Kier molecular flexibility index (Phi) is 6.20. The van der Waals surface area contributed by atoms with E-state index in [0.29, 0.717) is 17.9 Å². The van der Waals surface area contributed by atoms with E-state index in [-0.39, 0.29) is 11.9 Å². The van der Waals surface area contributed by atoms with Crippen molar-refractivity contribution in [3.05, 3.63) is 118 Å². The third-order valence-corrected chi connectivity index (χ3v) is 5.54. The normalized spacial score (nSPS) is 10.7. The highest BCUT2D eigenvalue weighted by molar-refractivity contribution is 7.09. The lowest BCUT2D eigenvalue weighted by Crippen LogP contribution is -2.29. The molecule has 0 atom stereocenters. The van der Waals surface area contributed by atoms with Gasteiger partial charge in [0, 0.05) is 5.38 Å². The summed E-state index contributed by atoms with van der Waals surface area (Å²) < 4.78 is 5.93. The number of nitrogens with one attached hydrogen (secondary N) is 1. The zero-order valence-corrected chi connectivity index (χ0v) is 17.4. The number of aromatic nitrogens is 1. The second-order valence-corrected chi connectivity index (χ2v) is 7.93. The van der Waals surface area contributed by atoms with E-state index >= 15 is 0 Å². The molecule has 4 rings (SSSR count). The SMILES string of the molecule is Cc1nc(COc2ccccc2C(=O)NC(c2ccccc2)c2ccccc2)cs1. The molecule has 0 fully saturated rings. The molecule has 1 N–H and O–H groups in total. The Balaban J connectivity index is 1.57. The van der Waals surface area contributed by atoms with Crippen molar-refractivity contribution in [1.29, 1.82) is 0 Å². The van der Waals surface area contributed by atoms with Gasteiger partial charge in [0.05, 0.1) is 22.3 Å². The average Bonchev–Trinajstić information content (AvgIpc) is 3.22. The molecular weight excluding hydrogens is 392 g/mol. The molecule has 0 bridgehead atoms. The maximum atomic E-state index is 13.2. The van der Waals surface area contributed by atoms with Crippen LogP contribution in [0.5, 0.6) is 5.75 Å². The molecule has 0 aliphatic heterocycles. The molecule has 5 heteroatoms. The quantitative estimate of drug-likeness (QED) is 0.431. The first kappa shape index (κ1) is 19.9. The number of hydrogen-bond donors (Lipinski definition) is 1. The van der Waals surface area contributed by atoms with E-state index in [9.17, 15) is 4.79 Å². The van der Waals surface area contributed by atoms with Crippen LogP contribution in [-0.2, 0) is 6.61 Å². The van der Waals surface area contributed by atoms with Gasteiger partial charge in [-0.05, 0) is 30.2 Å². The summed E-state index contributed by atoms with van der Waals surface area (Å²) in [6, 6.07) is 27.0. The van der Waals surface area contributed by atoms with Crippen molar-refractivity contribution in [3.63, 3.8) is 0 Å². The fourth-order valence-corrected chi connectivity index (χ4v) is 3.86. The highest BCUT2D eigenvalue weighted by Crippen LogP contribution is 2.25. The van der Waals surface area contributed by atoms with Gasteiger partial charge in [-0.3, -0.25) is 4.79 Å². The molecule has 1 heterocycles. The molecule has 0 saturated carbocycles. The molecule has 0 spiro atoms. The molecule has 4 aromatic rings. The molecule has 0 aliphatic rings. The molecule has 0 saturated heterocycles. The first-order chi connectivity index (χ1) is 14.7. The van der Waals surface area contributed by atoms with E-state index in [4.69, 9.17) is 4.74 Å². The van der Waals surface area contributed by atoms with Gasteiger partial charge in [0.25, 0.3) is 5.91 Å². The minimum Gasteiger partial charge on any atom is -0.486 e. The van der Waals surface area contributed by atoms with Gasteiger partial charge >= 0.3 is 0 Å². The van der Waals surface area contributed by atoms with Crippen LogP contribution in [0.2, 0.25) is 0 Å². The summed E-state index contributed by atoms with van der Waals surface area (Å²) in [4.78, 5) is 17.7. The number of nitrogens with zero attached hydrogens (tertiary/aromatic N) is 1. The van der Waals surface area contributed by atoms with Crippen molar-refractivity contribution in [2.24, 2.45) is 0 Å². The van der Waals surface area contributed by atoms with Crippen LogP contribution in [0.1, 0.15) is 38.2 Å². The Morgan fingerprint density at radius 1 is 0.933 bits per heavy atom. The predicted molar refractivity (Wildman–Crippen MR) is 120 cm³/mol. The number of thiazole rings is 1. The minimum absolute atomic E-state index is 0.183. The Hall–Kier alpha value is -3.44. The van der Waals surface area contributed by atoms with E-state index < -0.39 is 0 Å². The number of hydrogen-bond acceptors (Lipinski definition) is 4. The first-order valence-corrected chi connectivity index (χ1v) is 10.6. The van der Waals surface area contributed by atoms with Crippen LogP contribution >= 0.6 is 11.3 Å². The number of ether oxygens (including phenoxy) is 1. The summed E-state index contributed by atoms with van der Waals surface area (Å²) in [6.45, 7) is 2.29. The van der Waals surface area contributed by atoms with Gasteiger partial charge in [0.1, 0.15) is 12.4 Å². The standard InChI is InChI=1S/C25H22N2O2S/c1-18-26-21(17-30-18)16-29-23-15-9-8-14-22(23)25(28)27-24(19-10-4-2-5-11-19)20-12-6-3-7-13-20/h2-15,17,24H,16H2,1H3,(H,27,28). The average molecular weight is 415 g/mol. The van der Waals surface area contributed by atoms with E-state index in [2.05, 4.69) is 10.3 Å². The fourth-order valence-electron chi connectivity index (χ4n) is 3.27. The van der Waals surface area contributed by atoms with Crippen molar-refractivity contribution in [2.45, 2.75) is 19.6 Å². The van der Waals surface area contributed by atoms with Crippen LogP contribution in [0.15, 0.2) is 90.3 Å². The molecule has 4 nitrogen and oxygen atoms in total. The third kappa shape index (κ3) is 4.75.